The van der Waals surface area contributed by atoms with Crippen LogP contribution in [0.2, 0.25) is 0 Å². The van der Waals surface area contributed by atoms with E-state index in [1.807, 2.05) is 0 Å². The summed E-state index contributed by atoms with van der Waals surface area (Å²) in [5, 5.41) is 3.03. The largest absolute Gasteiger partial charge is 0.343 e. The molecule has 2 rings (SSSR count). The fourth-order valence-corrected chi connectivity index (χ4v) is 3.04. The van der Waals surface area contributed by atoms with Crippen LogP contribution in [-0.2, 0) is 10.0 Å². The fourth-order valence-electron chi connectivity index (χ4n) is 2.56. The summed E-state index contributed by atoms with van der Waals surface area (Å²) in [6, 6.07) is 0.587. The van der Waals surface area contributed by atoms with E-state index >= 15 is 0 Å². The highest BCUT2D eigenvalue weighted by molar-refractivity contribution is 7.89. The van der Waals surface area contributed by atoms with E-state index < -0.39 is 10.0 Å². The molecule has 0 radical (unpaired) electrons. The van der Waals surface area contributed by atoms with Gasteiger partial charge in [-0.2, -0.15) is 0 Å². The summed E-state index contributed by atoms with van der Waals surface area (Å²) in [5.41, 5.74) is 0. The molecular weight excluding hydrogens is 252 g/mol. The Morgan fingerprint density at radius 2 is 1.94 bits per heavy atom. The minimum Gasteiger partial charge on any atom is -0.343 e. The summed E-state index contributed by atoms with van der Waals surface area (Å²) in [4.78, 5) is 6.53. The van der Waals surface area contributed by atoms with Crippen LogP contribution in [0.4, 0.5) is 0 Å². The van der Waals surface area contributed by atoms with Gasteiger partial charge in [0.15, 0.2) is 0 Å². The predicted octanol–water partition coefficient (Wildman–Crippen LogP) is 0.435. The number of sulfonamides is 1. The van der Waals surface area contributed by atoms with Gasteiger partial charge in [0.25, 0.3) is 0 Å². The standard InChI is InChI=1S/C11H22N4O2S/c1-18(16,17)14-11-12-8-15(9-13-11)10-6-4-2-3-5-7-10/h10H,2-9H2,1H3,(H2,12,13,14). The van der Waals surface area contributed by atoms with Crippen molar-refractivity contribution in [3.63, 3.8) is 0 Å². The molecule has 0 atom stereocenters. The van der Waals surface area contributed by atoms with Gasteiger partial charge in [0.05, 0.1) is 19.6 Å². The van der Waals surface area contributed by atoms with E-state index in [1.54, 1.807) is 0 Å². The van der Waals surface area contributed by atoms with Crippen LogP contribution >= 0.6 is 0 Å². The Balaban J connectivity index is 1.88. The first kappa shape index (κ1) is 13.6. The first-order chi connectivity index (χ1) is 8.54. The predicted molar refractivity (Wildman–Crippen MR) is 71.6 cm³/mol. The van der Waals surface area contributed by atoms with Gasteiger partial charge in [0.1, 0.15) is 0 Å². The summed E-state index contributed by atoms with van der Waals surface area (Å²) in [6.45, 7) is 1.25. The quantitative estimate of drug-likeness (QED) is 0.716. The zero-order chi connectivity index (χ0) is 13.0. The smallest absolute Gasteiger partial charge is 0.232 e. The van der Waals surface area contributed by atoms with Crippen LogP contribution in [0.3, 0.4) is 0 Å². The number of nitrogens with one attached hydrogen (secondary N) is 2. The second kappa shape index (κ2) is 5.88. The van der Waals surface area contributed by atoms with E-state index in [-0.39, 0.29) is 0 Å². The van der Waals surface area contributed by atoms with Crippen LogP contribution in [0.1, 0.15) is 38.5 Å². The fraction of sp³-hybridized carbons (Fsp3) is 0.909. The Morgan fingerprint density at radius 3 is 2.44 bits per heavy atom. The summed E-state index contributed by atoms with van der Waals surface area (Å²) in [6.07, 6.45) is 8.84. The molecule has 18 heavy (non-hydrogen) atoms. The van der Waals surface area contributed by atoms with Crippen molar-refractivity contribution in [3.05, 3.63) is 0 Å². The lowest BCUT2D eigenvalue weighted by Gasteiger charge is -2.33. The second-order valence-corrected chi connectivity index (χ2v) is 6.84. The molecule has 0 aromatic rings. The van der Waals surface area contributed by atoms with E-state index in [2.05, 4.69) is 19.9 Å². The van der Waals surface area contributed by atoms with Gasteiger partial charge in [-0.15, -0.1) is 0 Å². The van der Waals surface area contributed by atoms with Crippen molar-refractivity contribution >= 4 is 16.0 Å². The van der Waals surface area contributed by atoms with Gasteiger partial charge in [0.2, 0.25) is 16.0 Å². The SMILES string of the molecule is CS(=O)(=O)NC1=NCN(C2CCCCCC2)CN1. The van der Waals surface area contributed by atoms with Crippen LogP contribution in [0, 0.1) is 0 Å². The van der Waals surface area contributed by atoms with Crippen molar-refractivity contribution in [2.75, 3.05) is 19.6 Å². The van der Waals surface area contributed by atoms with E-state index in [0.717, 1.165) is 6.26 Å². The van der Waals surface area contributed by atoms with E-state index in [4.69, 9.17) is 0 Å². The summed E-state index contributed by atoms with van der Waals surface area (Å²) < 4.78 is 24.5. The van der Waals surface area contributed by atoms with Crippen LogP contribution in [0.25, 0.3) is 0 Å². The minimum absolute atomic E-state index is 0.363. The second-order valence-electron chi connectivity index (χ2n) is 5.09. The molecule has 0 saturated heterocycles. The van der Waals surface area contributed by atoms with Gasteiger partial charge in [-0.1, -0.05) is 25.7 Å². The highest BCUT2D eigenvalue weighted by atomic mass is 32.2. The lowest BCUT2D eigenvalue weighted by Crippen LogP contribution is -2.52. The lowest BCUT2D eigenvalue weighted by molar-refractivity contribution is 0.171. The number of hydrogen-bond donors (Lipinski definition) is 2. The molecule has 1 heterocycles. The Hall–Kier alpha value is -0.820. The minimum atomic E-state index is -3.23. The van der Waals surface area contributed by atoms with Gasteiger partial charge >= 0.3 is 0 Å². The van der Waals surface area contributed by atoms with Gasteiger partial charge in [-0.25, -0.2) is 13.4 Å². The molecule has 2 aliphatic rings. The van der Waals surface area contributed by atoms with Crippen molar-refractivity contribution in [2.24, 2.45) is 4.99 Å². The maximum atomic E-state index is 11.1. The van der Waals surface area contributed by atoms with Gasteiger partial charge in [-0.05, 0) is 12.8 Å². The first-order valence-electron chi connectivity index (χ1n) is 6.55. The van der Waals surface area contributed by atoms with Crippen molar-refractivity contribution < 1.29 is 8.42 Å². The number of hydrogen-bond acceptors (Lipinski definition) is 5. The van der Waals surface area contributed by atoms with Crippen LogP contribution < -0.4 is 10.0 Å². The maximum absolute atomic E-state index is 11.1. The van der Waals surface area contributed by atoms with E-state index in [0.29, 0.717) is 25.3 Å². The number of nitrogens with zero attached hydrogens (tertiary/aromatic N) is 2. The van der Waals surface area contributed by atoms with Crippen LogP contribution in [0.15, 0.2) is 4.99 Å². The molecule has 0 amide bonds. The Bertz CT molecular complexity index is 399. The van der Waals surface area contributed by atoms with Gasteiger partial charge < -0.3 is 5.32 Å². The number of rotatable bonds is 2. The maximum Gasteiger partial charge on any atom is 0.232 e. The molecule has 1 fully saturated rings. The molecule has 6 nitrogen and oxygen atoms in total. The van der Waals surface area contributed by atoms with Crippen molar-refractivity contribution in [1.82, 2.24) is 14.9 Å². The molecular formula is C11H22N4O2S. The third-order valence-electron chi connectivity index (χ3n) is 3.48. The molecule has 0 spiro atoms. The summed E-state index contributed by atoms with van der Waals surface area (Å²) in [7, 11) is -3.23. The molecule has 1 aliphatic heterocycles. The Kier molecular flexibility index (Phi) is 4.45. The molecule has 1 saturated carbocycles. The molecule has 1 aliphatic carbocycles. The van der Waals surface area contributed by atoms with Gasteiger partial charge in [0, 0.05) is 6.04 Å². The lowest BCUT2D eigenvalue weighted by atomic mass is 10.1. The zero-order valence-corrected chi connectivity index (χ0v) is 11.7. The number of guanidine groups is 1. The molecule has 0 bridgehead atoms. The van der Waals surface area contributed by atoms with Crippen molar-refractivity contribution in [3.8, 4) is 0 Å². The van der Waals surface area contributed by atoms with E-state index in [9.17, 15) is 8.42 Å². The summed E-state index contributed by atoms with van der Waals surface area (Å²) >= 11 is 0. The van der Waals surface area contributed by atoms with Gasteiger partial charge in [-0.3, -0.25) is 9.62 Å². The number of aliphatic imine (C=N–C) groups is 1. The van der Waals surface area contributed by atoms with Crippen LogP contribution in [-0.4, -0.2) is 44.9 Å². The normalized spacial score (nSPS) is 23.9. The van der Waals surface area contributed by atoms with Crippen molar-refractivity contribution in [1.29, 1.82) is 0 Å². The third-order valence-corrected chi connectivity index (χ3v) is 4.05. The van der Waals surface area contributed by atoms with Crippen molar-refractivity contribution in [2.45, 2.75) is 44.6 Å². The third kappa shape index (κ3) is 4.13. The molecule has 0 aromatic carbocycles. The first-order valence-corrected chi connectivity index (χ1v) is 8.44. The van der Waals surface area contributed by atoms with E-state index in [1.165, 1.54) is 38.5 Å². The highest BCUT2D eigenvalue weighted by Gasteiger charge is 2.22. The Labute approximate surface area is 109 Å². The molecule has 2 N–H and O–H groups in total. The molecule has 7 heteroatoms. The average molecular weight is 274 g/mol. The Morgan fingerprint density at radius 1 is 1.28 bits per heavy atom. The molecule has 0 unspecified atom stereocenters. The topological polar surface area (TPSA) is 73.8 Å². The molecule has 0 aromatic heterocycles. The zero-order valence-electron chi connectivity index (χ0n) is 10.9. The average Bonchev–Trinajstić information content (AvgIpc) is 2.56. The monoisotopic (exact) mass is 274 g/mol. The summed E-state index contributed by atoms with van der Waals surface area (Å²) in [5.74, 6) is 0.363. The molecule has 104 valence electrons. The highest BCUT2D eigenvalue weighted by Crippen LogP contribution is 2.21. The van der Waals surface area contributed by atoms with Crippen LogP contribution in [0.5, 0.6) is 0 Å².